The van der Waals surface area contributed by atoms with Crippen molar-refractivity contribution >= 4 is 57.1 Å². The van der Waals surface area contributed by atoms with Gasteiger partial charge in [-0.3, -0.25) is 14.2 Å². The van der Waals surface area contributed by atoms with Crippen LogP contribution in [0.3, 0.4) is 0 Å². The van der Waals surface area contributed by atoms with Crippen LogP contribution in [0.5, 0.6) is 5.75 Å². The Morgan fingerprint density at radius 1 is 1.13 bits per heavy atom. The molecule has 2 aromatic heterocycles. The number of nitriles is 1. The van der Waals surface area contributed by atoms with Gasteiger partial charge in [-0.05, 0) is 61.2 Å². The summed E-state index contributed by atoms with van der Waals surface area (Å²) in [6.07, 6.45) is 11.2. The van der Waals surface area contributed by atoms with Gasteiger partial charge in [0.05, 0.1) is 28.8 Å². The number of allylic oxidation sites excluding steroid dienone is 2. The van der Waals surface area contributed by atoms with Crippen LogP contribution in [-0.4, -0.2) is 27.8 Å². The highest BCUT2D eigenvalue weighted by Gasteiger charge is 2.33. The summed E-state index contributed by atoms with van der Waals surface area (Å²) >= 11 is 2.73. The highest BCUT2D eigenvalue weighted by molar-refractivity contribution is 7.99. The Morgan fingerprint density at radius 3 is 2.65 bits per heavy atom. The standard InChI is InChI=1S/C37H40N4O3S2/c1-5-7-8-11-20-41-35(43)28-12-9-10-13-31(28)39-36(41)45-24-32(42)40-34-30(23-38)29-21-26(22-37(3,4)33(29)46-34)15-14-25-16-18-27(19-17-25)44-6-2/h9-10,12-19,21H,5-8,11,20,22,24H2,1-4H3,(H,40,42)/b15-14+. The molecule has 0 spiro atoms. The third kappa shape index (κ3) is 7.63. The number of nitrogens with one attached hydrogen (secondary N) is 1. The van der Waals surface area contributed by atoms with Crippen molar-refractivity contribution in [2.24, 2.45) is 0 Å². The first-order chi connectivity index (χ1) is 22.2. The van der Waals surface area contributed by atoms with Crippen molar-refractivity contribution in [3.8, 4) is 11.8 Å². The molecule has 9 heteroatoms. The Hall–Kier alpha value is -4.13. The number of aromatic nitrogens is 2. The predicted molar refractivity (Wildman–Crippen MR) is 191 cm³/mol. The van der Waals surface area contributed by atoms with Crippen LogP contribution in [0.25, 0.3) is 23.1 Å². The lowest BCUT2D eigenvalue weighted by atomic mass is 9.77. The Balaban J connectivity index is 1.34. The lowest BCUT2D eigenvalue weighted by molar-refractivity contribution is -0.113. The number of thiophene rings is 1. The van der Waals surface area contributed by atoms with Crippen molar-refractivity contribution in [3.05, 3.63) is 92.1 Å². The SMILES string of the molecule is CCCCCCn1c(SCC(=O)Nc2sc3c(c2C#N)C=C(/C=C/c2ccc(OCC)cc2)CC3(C)C)nc2ccccc2c1=O. The normalized spacial score (nSPS) is 13.8. The Bertz CT molecular complexity index is 1880. The number of thioether (sulfide) groups is 1. The van der Waals surface area contributed by atoms with Crippen molar-refractivity contribution in [1.29, 1.82) is 5.26 Å². The number of hydrogen-bond acceptors (Lipinski definition) is 7. The Kier molecular flexibility index (Phi) is 10.8. The maximum atomic E-state index is 13.4. The number of hydrogen-bond donors (Lipinski definition) is 1. The molecular weight excluding hydrogens is 613 g/mol. The van der Waals surface area contributed by atoms with Crippen LogP contribution in [0.2, 0.25) is 0 Å². The van der Waals surface area contributed by atoms with Crippen LogP contribution in [0.15, 0.2) is 70.1 Å². The van der Waals surface area contributed by atoms with Gasteiger partial charge < -0.3 is 10.1 Å². The summed E-state index contributed by atoms with van der Waals surface area (Å²) in [6.45, 7) is 9.67. The van der Waals surface area contributed by atoms with Crippen LogP contribution >= 0.6 is 23.1 Å². The summed E-state index contributed by atoms with van der Waals surface area (Å²) in [6, 6.07) is 17.7. The molecule has 0 atom stereocenters. The summed E-state index contributed by atoms with van der Waals surface area (Å²) in [5.41, 5.74) is 3.87. The van der Waals surface area contributed by atoms with E-state index < -0.39 is 0 Å². The first-order valence-corrected chi connectivity index (χ1v) is 17.7. The fourth-order valence-corrected chi connectivity index (χ4v) is 7.78. The molecule has 0 radical (unpaired) electrons. The molecule has 0 unspecified atom stereocenters. The lowest BCUT2D eigenvalue weighted by Gasteiger charge is -2.29. The molecule has 5 rings (SSSR count). The van der Waals surface area contributed by atoms with E-state index in [4.69, 9.17) is 9.72 Å². The average Bonchev–Trinajstić information content (AvgIpc) is 3.40. The van der Waals surface area contributed by atoms with Crippen molar-refractivity contribution < 1.29 is 9.53 Å². The fourth-order valence-electron chi connectivity index (χ4n) is 5.71. The molecule has 1 aliphatic carbocycles. The van der Waals surface area contributed by atoms with E-state index in [1.54, 1.807) is 10.6 Å². The third-order valence-electron chi connectivity index (χ3n) is 7.98. The number of unbranched alkanes of at least 4 members (excludes halogenated alkanes) is 3. The number of fused-ring (bicyclic) bond motifs is 2. The monoisotopic (exact) mass is 652 g/mol. The molecule has 2 heterocycles. The van der Waals surface area contributed by atoms with Gasteiger partial charge in [-0.25, -0.2) is 4.98 Å². The second-order valence-electron chi connectivity index (χ2n) is 12.0. The quantitative estimate of drug-likeness (QED) is 0.0881. The molecule has 238 valence electrons. The Labute approximate surface area is 279 Å². The number of amides is 1. The van der Waals surface area contributed by atoms with Gasteiger partial charge >= 0.3 is 0 Å². The molecule has 1 aliphatic rings. The van der Waals surface area contributed by atoms with Gasteiger partial charge in [0.25, 0.3) is 5.56 Å². The minimum absolute atomic E-state index is 0.0719. The third-order valence-corrected chi connectivity index (χ3v) is 10.4. The molecule has 0 saturated heterocycles. The zero-order valence-electron chi connectivity index (χ0n) is 26.9. The first kappa shape index (κ1) is 33.2. The number of ether oxygens (including phenoxy) is 1. The molecule has 4 aromatic rings. The van der Waals surface area contributed by atoms with Gasteiger partial charge in [0.2, 0.25) is 5.91 Å². The molecular formula is C37H40N4O3S2. The van der Waals surface area contributed by atoms with Crippen LogP contribution in [0, 0.1) is 11.3 Å². The summed E-state index contributed by atoms with van der Waals surface area (Å²) in [5, 5.41) is 14.9. The maximum Gasteiger partial charge on any atom is 0.262 e. The molecule has 0 saturated carbocycles. The highest BCUT2D eigenvalue weighted by Crippen LogP contribution is 2.47. The number of carbonyl (C=O) groups excluding carboxylic acids is 1. The Morgan fingerprint density at radius 2 is 1.91 bits per heavy atom. The van der Waals surface area contributed by atoms with Crippen LogP contribution in [0.4, 0.5) is 5.00 Å². The number of anilines is 1. The minimum Gasteiger partial charge on any atom is -0.494 e. The van der Waals surface area contributed by atoms with Gasteiger partial charge in [0.1, 0.15) is 16.8 Å². The summed E-state index contributed by atoms with van der Waals surface area (Å²) in [7, 11) is 0. The van der Waals surface area contributed by atoms with E-state index in [9.17, 15) is 14.9 Å². The van der Waals surface area contributed by atoms with Crippen molar-refractivity contribution in [2.45, 2.75) is 76.9 Å². The van der Waals surface area contributed by atoms with Gasteiger partial charge in [-0.1, -0.05) is 88.2 Å². The second-order valence-corrected chi connectivity index (χ2v) is 14.0. The minimum atomic E-state index is -0.238. The highest BCUT2D eigenvalue weighted by atomic mass is 32.2. The summed E-state index contributed by atoms with van der Waals surface area (Å²) in [4.78, 5) is 32.5. The molecule has 7 nitrogen and oxygen atoms in total. The predicted octanol–water partition coefficient (Wildman–Crippen LogP) is 8.82. The first-order valence-electron chi connectivity index (χ1n) is 15.8. The van der Waals surface area contributed by atoms with E-state index in [1.807, 2.05) is 49.4 Å². The van der Waals surface area contributed by atoms with E-state index in [0.29, 0.717) is 39.8 Å². The largest absolute Gasteiger partial charge is 0.494 e. The van der Waals surface area contributed by atoms with E-state index in [2.05, 4.69) is 50.4 Å². The number of benzene rings is 2. The molecule has 1 N–H and O–H groups in total. The van der Waals surface area contributed by atoms with Gasteiger partial charge in [0, 0.05) is 22.4 Å². The van der Waals surface area contributed by atoms with Gasteiger partial charge in [0.15, 0.2) is 5.16 Å². The van der Waals surface area contributed by atoms with Crippen LogP contribution in [0.1, 0.15) is 81.4 Å². The smallest absolute Gasteiger partial charge is 0.262 e. The van der Waals surface area contributed by atoms with Gasteiger partial charge in [-0.15, -0.1) is 11.3 Å². The average molecular weight is 653 g/mol. The zero-order chi connectivity index (χ0) is 32.7. The van der Waals surface area contributed by atoms with Gasteiger partial charge in [-0.2, -0.15) is 5.26 Å². The zero-order valence-corrected chi connectivity index (χ0v) is 28.5. The fraction of sp³-hybridized carbons (Fsp3) is 0.351. The van der Waals surface area contributed by atoms with Crippen LogP contribution < -0.4 is 15.6 Å². The van der Waals surface area contributed by atoms with Crippen LogP contribution in [-0.2, 0) is 16.8 Å². The van der Waals surface area contributed by atoms with Crippen molar-refractivity contribution in [3.63, 3.8) is 0 Å². The molecule has 1 amide bonds. The molecule has 0 fully saturated rings. The van der Waals surface area contributed by atoms with Crippen molar-refractivity contribution in [2.75, 3.05) is 17.7 Å². The van der Waals surface area contributed by atoms with E-state index in [-0.39, 0.29) is 22.6 Å². The number of carbonyl (C=O) groups is 1. The second kappa shape index (κ2) is 15.0. The molecule has 0 bridgehead atoms. The molecule has 46 heavy (non-hydrogen) atoms. The van der Waals surface area contributed by atoms with E-state index in [0.717, 1.165) is 59.4 Å². The lowest BCUT2D eigenvalue weighted by Crippen LogP contribution is -2.24. The number of nitrogens with zero attached hydrogens (tertiary/aromatic N) is 3. The topological polar surface area (TPSA) is 97.0 Å². The molecule has 2 aromatic carbocycles. The number of rotatable bonds is 13. The summed E-state index contributed by atoms with van der Waals surface area (Å²) < 4.78 is 7.25. The number of para-hydroxylation sites is 1. The molecule has 0 aliphatic heterocycles. The van der Waals surface area contributed by atoms with E-state index in [1.165, 1.54) is 23.1 Å². The maximum absolute atomic E-state index is 13.4. The summed E-state index contributed by atoms with van der Waals surface area (Å²) in [5.74, 6) is 0.678. The van der Waals surface area contributed by atoms with E-state index >= 15 is 0 Å². The van der Waals surface area contributed by atoms with Crippen molar-refractivity contribution in [1.82, 2.24) is 9.55 Å².